The van der Waals surface area contributed by atoms with E-state index < -0.39 is 5.41 Å². The standard InChI is InChI=1S/C15H14BrN3/c1-10-4-5-11(16)8-12(10)13-6-7-18-14(19-13)15(2,3)9-17/h4-8H,1-3H3. The van der Waals surface area contributed by atoms with Crippen LogP contribution in [0, 0.1) is 18.3 Å². The van der Waals surface area contributed by atoms with E-state index in [9.17, 15) is 5.26 Å². The van der Waals surface area contributed by atoms with E-state index in [0.29, 0.717) is 5.82 Å². The van der Waals surface area contributed by atoms with E-state index in [0.717, 1.165) is 21.3 Å². The molecule has 96 valence electrons. The van der Waals surface area contributed by atoms with E-state index in [2.05, 4.69) is 32.0 Å². The van der Waals surface area contributed by atoms with Gasteiger partial charge in [-0.3, -0.25) is 0 Å². The normalized spacial score (nSPS) is 11.1. The van der Waals surface area contributed by atoms with Crippen molar-refractivity contribution in [2.45, 2.75) is 26.2 Å². The fraction of sp³-hybridized carbons (Fsp3) is 0.267. The van der Waals surface area contributed by atoms with Crippen LogP contribution >= 0.6 is 15.9 Å². The van der Waals surface area contributed by atoms with Gasteiger partial charge in [-0.2, -0.15) is 5.26 Å². The van der Waals surface area contributed by atoms with Crippen molar-refractivity contribution < 1.29 is 0 Å². The van der Waals surface area contributed by atoms with Crippen LogP contribution in [0.3, 0.4) is 0 Å². The van der Waals surface area contributed by atoms with Crippen LogP contribution in [0.5, 0.6) is 0 Å². The minimum atomic E-state index is -0.685. The van der Waals surface area contributed by atoms with Gasteiger partial charge in [-0.25, -0.2) is 9.97 Å². The lowest BCUT2D eigenvalue weighted by Crippen LogP contribution is -2.18. The molecule has 2 aromatic rings. The van der Waals surface area contributed by atoms with Crippen LogP contribution in [-0.4, -0.2) is 9.97 Å². The van der Waals surface area contributed by atoms with Crippen molar-refractivity contribution in [2.75, 3.05) is 0 Å². The second-order valence-corrected chi connectivity index (χ2v) is 5.88. The van der Waals surface area contributed by atoms with Gasteiger partial charge >= 0.3 is 0 Å². The highest BCUT2D eigenvalue weighted by atomic mass is 79.9. The number of hydrogen-bond donors (Lipinski definition) is 0. The second-order valence-electron chi connectivity index (χ2n) is 4.96. The Morgan fingerprint density at radius 3 is 2.68 bits per heavy atom. The number of hydrogen-bond acceptors (Lipinski definition) is 3. The monoisotopic (exact) mass is 315 g/mol. The summed E-state index contributed by atoms with van der Waals surface area (Å²) in [6.45, 7) is 5.68. The Bertz CT molecular complexity index is 657. The van der Waals surface area contributed by atoms with Crippen molar-refractivity contribution in [3.05, 3.63) is 46.3 Å². The van der Waals surface area contributed by atoms with E-state index >= 15 is 0 Å². The molecule has 0 aliphatic carbocycles. The molecule has 0 radical (unpaired) electrons. The van der Waals surface area contributed by atoms with Crippen molar-refractivity contribution in [2.24, 2.45) is 0 Å². The van der Waals surface area contributed by atoms with E-state index in [1.165, 1.54) is 0 Å². The van der Waals surface area contributed by atoms with Gasteiger partial charge in [0.1, 0.15) is 11.2 Å². The summed E-state index contributed by atoms with van der Waals surface area (Å²) in [6, 6.07) is 10.2. The summed E-state index contributed by atoms with van der Waals surface area (Å²) in [5.74, 6) is 0.548. The average molecular weight is 316 g/mol. The zero-order valence-corrected chi connectivity index (χ0v) is 12.7. The molecule has 0 spiro atoms. The van der Waals surface area contributed by atoms with Crippen LogP contribution in [0.2, 0.25) is 0 Å². The largest absolute Gasteiger partial charge is 0.240 e. The molecule has 0 saturated heterocycles. The summed E-state index contributed by atoms with van der Waals surface area (Å²) in [4.78, 5) is 8.75. The quantitative estimate of drug-likeness (QED) is 0.841. The van der Waals surface area contributed by atoms with Gasteiger partial charge < -0.3 is 0 Å². The molecule has 1 heterocycles. The molecule has 4 heteroatoms. The van der Waals surface area contributed by atoms with Crippen LogP contribution < -0.4 is 0 Å². The van der Waals surface area contributed by atoms with Crippen LogP contribution in [0.25, 0.3) is 11.3 Å². The fourth-order valence-corrected chi connectivity index (χ4v) is 2.09. The lowest BCUT2D eigenvalue weighted by molar-refractivity contribution is 0.630. The number of aromatic nitrogens is 2. The summed E-state index contributed by atoms with van der Waals surface area (Å²) < 4.78 is 1.01. The molecule has 0 aliphatic heterocycles. The van der Waals surface area contributed by atoms with E-state index in [-0.39, 0.29) is 0 Å². The van der Waals surface area contributed by atoms with Crippen LogP contribution in [0.1, 0.15) is 25.2 Å². The first-order valence-corrected chi connectivity index (χ1v) is 6.74. The molecule has 0 atom stereocenters. The molecule has 2 rings (SSSR count). The molecule has 0 unspecified atom stereocenters. The summed E-state index contributed by atoms with van der Waals surface area (Å²) >= 11 is 3.47. The maximum absolute atomic E-state index is 9.17. The smallest absolute Gasteiger partial charge is 0.148 e. The van der Waals surface area contributed by atoms with Gasteiger partial charge in [0, 0.05) is 16.2 Å². The number of nitriles is 1. The number of benzene rings is 1. The van der Waals surface area contributed by atoms with Gasteiger partial charge in [-0.05, 0) is 44.5 Å². The van der Waals surface area contributed by atoms with Crippen LogP contribution in [0.4, 0.5) is 0 Å². The highest BCUT2D eigenvalue weighted by Crippen LogP contribution is 2.27. The fourth-order valence-electron chi connectivity index (χ4n) is 1.73. The van der Waals surface area contributed by atoms with Crippen molar-refractivity contribution in [3.63, 3.8) is 0 Å². The molecule has 0 saturated carbocycles. The molecule has 3 nitrogen and oxygen atoms in total. The first kappa shape index (κ1) is 13.7. The molecule has 1 aromatic carbocycles. The zero-order chi connectivity index (χ0) is 14.0. The molecule has 0 fully saturated rings. The Balaban J connectivity index is 2.56. The van der Waals surface area contributed by atoms with Crippen molar-refractivity contribution >= 4 is 15.9 Å². The van der Waals surface area contributed by atoms with Gasteiger partial charge in [0.05, 0.1) is 11.8 Å². The van der Waals surface area contributed by atoms with Gasteiger partial charge in [-0.1, -0.05) is 22.0 Å². The second kappa shape index (κ2) is 5.10. The predicted molar refractivity (Wildman–Crippen MR) is 78.5 cm³/mol. The molecule has 0 amide bonds. The first-order valence-electron chi connectivity index (χ1n) is 5.95. The number of halogens is 1. The van der Waals surface area contributed by atoms with Gasteiger partial charge in [0.2, 0.25) is 0 Å². The molecule has 0 bridgehead atoms. The molecule has 0 aliphatic rings. The maximum atomic E-state index is 9.17. The summed E-state index contributed by atoms with van der Waals surface area (Å²) in [6.07, 6.45) is 1.71. The first-order chi connectivity index (χ1) is 8.94. The lowest BCUT2D eigenvalue weighted by atomic mass is 9.94. The topological polar surface area (TPSA) is 49.6 Å². The van der Waals surface area contributed by atoms with Crippen LogP contribution in [-0.2, 0) is 5.41 Å². The van der Waals surface area contributed by atoms with E-state index in [4.69, 9.17) is 0 Å². The van der Waals surface area contributed by atoms with Gasteiger partial charge in [0.25, 0.3) is 0 Å². The Morgan fingerprint density at radius 2 is 2.00 bits per heavy atom. The van der Waals surface area contributed by atoms with E-state index in [1.54, 1.807) is 6.20 Å². The maximum Gasteiger partial charge on any atom is 0.148 e. The van der Waals surface area contributed by atoms with Crippen molar-refractivity contribution in [1.82, 2.24) is 9.97 Å². The van der Waals surface area contributed by atoms with Crippen molar-refractivity contribution in [3.8, 4) is 17.3 Å². The molecular formula is C15H14BrN3. The van der Waals surface area contributed by atoms with Gasteiger partial charge in [-0.15, -0.1) is 0 Å². The third-order valence-corrected chi connectivity index (χ3v) is 3.46. The van der Waals surface area contributed by atoms with Crippen LogP contribution in [0.15, 0.2) is 34.9 Å². The Kier molecular flexibility index (Phi) is 3.68. The minimum Gasteiger partial charge on any atom is -0.240 e. The summed E-state index contributed by atoms with van der Waals surface area (Å²) in [7, 11) is 0. The Morgan fingerprint density at radius 1 is 1.26 bits per heavy atom. The molecule has 1 aromatic heterocycles. The molecule has 19 heavy (non-hydrogen) atoms. The number of nitrogens with zero attached hydrogens (tertiary/aromatic N) is 3. The Hall–Kier alpha value is -1.73. The van der Waals surface area contributed by atoms with Crippen molar-refractivity contribution in [1.29, 1.82) is 5.26 Å². The predicted octanol–water partition coefficient (Wildman–Crippen LogP) is 4.02. The number of aryl methyl sites for hydroxylation is 1. The SMILES string of the molecule is Cc1ccc(Br)cc1-c1ccnc(C(C)(C)C#N)n1. The average Bonchev–Trinajstić information content (AvgIpc) is 2.41. The summed E-state index contributed by atoms with van der Waals surface area (Å²) in [5.41, 5.74) is 2.34. The number of rotatable bonds is 2. The van der Waals surface area contributed by atoms with Gasteiger partial charge in [0.15, 0.2) is 0 Å². The third kappa shape index (κ3) is 2.82. The highest BCUT2D eigenvalue weighted by molar-refractivity contribution is 9.10. The zero-order valence-electron chi connectivity index (χ0n) is 11.1. The summed E-state index contributed by atoms with van der Waals surface area (Å²) in [5, 5.41) is 9.17. The molecular weight excluding hydrogens is 302 g/mol. The minimum absolute atomic E-state index is 0.548. The van der Waals surface area contributed by atoms with E-state index in [1.807, 2.05) is 45.0 Å². The lowest BCUT2D eigenvalue weighted by Gasteiger charge is -2.14. The highest BCUT2D eigenvalue weighted by Gasteiger charge is 2.23. The molecule has 0 N–H and O–H groups in total. The Labute approximate surface area is 121 Å². The third-order valence-electron chi connectivity index (χ3n) is 2.97.